The van der Waals surface area contributed by atoms with Crippen molar-refractivity contribution in [2.24, 2.45) is 5.92 Å². The number of hydrogen-bond acceptors (Lipinski definition) is 3. The minimum absolute atomic E-state index is 0.109. The molecule has 34 heavy (non-hydrogen) atoms. The molecule has 1 aliphatic carbocycles. The van der Waals surface area contributed by atoms with Gasteiger partial charge in [-0.1, -0.05) is 55.8 Å². The van der Waals surface area contributed by atoms with Gasteiger partial charge in [-0.05, 0) is 66.8 Å². The fourth-order valence-corrected chi connectivity index (χ4v) is 5.83. The molecule has 2 unspecified atom stereocenters. The molecule has 5 rings (SSSR count). The van der Waals surface area contributed by atoms with Gasteiger partial charge in [-0.2, -0.15) is 0 Å². The molecular formula is C28H27FN2O2S. The molecule has 1 N–H and O–H groups in total. The van der Waals surface area contributed by atoms with E-state index in [0.29, 0.717) is 22.7 Å². The first-order chi connectivity index (χ1) is 16.5. The summed E-state index contributed by atoms with van der Waals surface area (Å²) in [5, 5.41) is 3.22. The molecule has 0 aromatic heterocycles. The number of rotatable bonds is 4. The average molecular weight is 475 g/mol. The maximum absolute atomic E-state index is 13.6. The van der Waals surface area contributed by atoms with Crippen molar-refractivity contribution < 1.29 is 14.0 Å². The third-order valence-corrected chi connectivity index (χ3v) is 7.92. The van der Waals surface area contributed by atoms with Crippen LogP contribution in [0.5, 0.6) is 0 Å². The van der Waals surface area contributed by atoms with E-state index >= 15 is 0 Å². The summed E-state index contributed by atoms with van der Waals surface area (Å²) in [5.41, 5.74) is 2.67. The van der Waals surface area contributed by atoms with Crippen LogP contribution in [0, 0.1) is 11.7 Å². The third-order valence-electron chi connectivity index (χ3n) is 6.78. The van der Waals surface area contributed by atoms with Crippen LogP contribution in [-0.2, 0) is 6.54 Å². The molecule has 6 heteroatoms. The van der Waals surface area contributed by atoms with Crippen LogP contribution in [0.15, 0.2) is 76.5 Å². The lowest BCUT2D eigenvalue weighted by atomic mass is 9.86. The van der Waals surface area contributed by atoms with E-state index in [4.69, 9.17) is 0 Å². The molecule has 0 spiro atoms. The van der Waals surface area contributed by atoms with Gasteiger partial charge in [-0.25, -0.2) is 4.39 Å². The highest BCUT2D eigenvalue weighted by atomic mass is 32.2. The first-order valence-corrected chi connectivity index (χ1v) is 12.6. The monoisotopic (exact) mass is 474 g/mol. The Morgan fingerprint density at radius 1 is 1.03 bits per heavy atom. The van der Waals surface area contributed by atoms with Crippen LogP contribution < -0.4 is 10.2 Å². The summed E-state index contributed by atoms with van der Waals surface area (Å²) in [6, 6.07) is 19.5. The number of fused-ring (bicyclic) bond motifs is 2. The van der Waals surface area contributed by atoms with Crippen molar-refractivity contribution in [2.45, 2.75) is 55.0 Å². The molecule has 3 aromatic carbocycles. The van der Waals surface area contributed by atoms with Gasteiger partial charge in [-0.3, -0.25) is 9.59 Å². The summed E-state index contributed by atoms with van der Waals surface area (Å²) >= 11 is 1.53. The molecule has 4 nitrogen and oxygen atoms in total. The van der Waals surface area contributed by atoms with Gasteiger partial charge in [0.1, 0.15) is 5.82 Å². The van der Waals surface area contributed by atoms with Crippen LogP contribution in [0.4, 0.5) is 10.1 Å². The summed E-state index contributed by atoms with van der Waals surface area (Å²) < 4.78 is 13.5. The van der Waals surface area contributed by atoms with E-state index in [1.54, 1.807) is 17.0 Å². The number of hydrogen-bond donors (Lipinski definition) is 1. The van der Waals surface area contributed by atoms with E-state index in [0.717, 1.165) is 34.6 Å². The number of nitrogens with one attached hydrogen (secondary N) is 1. The number of halogens is 1. The molecular weight excluding hydrogens is 447 g/mol. The summed E-state index contributed by atoms with van der Waals surface area (Å²) in [6.07, 6.45) is 4.47. The first kappa shape index (κ1) is 22.7. The van der Waals surface area contributed by atoms with E-state index in [1.807, 2.05) is 42.5 Å². The van der Waals surface area contributed by atoms with Crippen molar-refractivity contribution >= 4 is 29.3 Å². The molecule has 0 radical (unpaired) electrons. The second-order valence-corrected chi connectivity index (χ2v) is 10.2. The lowest BCUT2D eigenvalue weighted by Gasteiger charge is -2.29. The zero-order valence-electron chi connectivity index (χ0n) is 19.1. The number of carbonyl (C=O) groups is 2. The molecule has 1 heterocycles. The van der Waals surface area contributed by atoms with Gasteiger partial charge in [-0.15, -0.1) is 0 Å². The van der Waals surface area contributed by atoms with Crippen LogP contribution in [0.25, 0.3) is 0 Å². The van der Waals surface area contributed by atoms with Crippen molar-refractivity contribution in [2.75, 3.05) is 4.90 Å². The maximum Gasteiger partial charge on any atom is 0.259 e. The number of amides is 2. The molecule has 2 atom stereocenters. The SMILES string of the molecule is CC1CCCCC1NC(=O)c1ccc2c(c1)N(Cc1ccc(F)cc1)C(=O)c1ccccc1S2. The van der Waals surface area contributed by atoms with Gasteiger partial charge in [0, 0.05) is 21.4 Å². The summed E-state index contributed by atoms with van der Waals surface area (Å²) in [6.45, 7) is 2.48. The van der Waals surface area contributed by atoms with Gasteiger partial charge in [0.2, 0.25) is 0 Å². The van der Waals surface area contributed by atoms with Crippen molar-refractivity contribution in [3.05, 3.63) is 89.2 Å². The number of benzene rings is 3. The molecule has 3 aromatic rings. The van der Waals surface area contributed by atoms with Gasteiger partial charge < -0.3 is 10.2 Å². The van der Waals surface area contributed by atoms with Crippen LogP contribution in [-0.4, -0.2) is 17.9 Å². The molecule has 2 amide bonds. The second kappa shape index (κ2) is 9.63. The predicted octanol–water partition coefficient (Wildman–Crippen LogP) is 6.45. The quantitative estimate of drug-likeness (QED) is 0.473. The molecule has 0 saturated heterocycles. The minimum atomic E-state index is -0.317. The van der Waals surface area contributed by atoms with Gasteiger partial charge >= 0.3 is 0 Å². The zero-order valence-corrected chi connectivity index (χ0v) is 19.9. The van der Waals surface area contributed by atoms with Crippen molar-refractivity contribution in [1.82, 2.24) is 5.32 Å². The van der Waals surface area contributed by atoms with Crippen molar-refractivity contribution in [3.63, 3.8) is 0 Å². The molecule has 1 saturated carbocycles. The molecule has 174 valence electrons. The van der Waals surface area contributed by atoms with Crippen LogP contribution in [0.2, 0.25) is 0 Å². The second-order valence-electron chi connectivity index (χ2n) is 9.14. The Bertz CT molecular complexity index is 1230. The number of nitrogens with zero attached hydrogens (tertiary/aromatic N) is 1. The average Bonchev–Trinajstić information content (AvgIpc) is 2.96. The molecule has 0 bridgehead atoms. The fourth-order valence-electron chi connectivity index (χ4n) is 4.77. The van der Waals surface area contributed by atoms with Gasteiger partial charge in [0.05, 0.1) is 17.8 Å². The van der Waals surface area contributed by atoms with Crippen molar-refractivity contribution in [1.29, 1.82) is 0 Å². The minimum Gasteiger partial charge on any atom is -0.349 e. The van der Waals surface area contributed by atoms with Crippen LogP contribution >= 0.6 is 11.8 Å². The predicted molar refractivity (Wildman–Crippen MR) is 133 cm³/mol. The Labute approximate surface area is 203 Å². The topological polar surface area (TPSA) is 49.4 Å². The van der Waals surface area contributed by atoms with Gasteiger partial charge in [0.25, 0.3) is 11.8 Å². The Morgan fingerprint density at radius 3 is 2.59 bits per heavy atom. The highest BCUT2D eigenvalue weighted by Crippen LogP contribution is 2.42. The molecule has 2 aliphatic rings. The fraction of sp³-hybridized carbons (Fsp3) is 0.286. The van der Waals surface area contributed by atoms with Gasteiger partial charge in [0.15, 0.2) is 0 Å². The van der Waals surface area contributed by atoms with E-state index < -0.39 is 0 Å². The Morgan fingerprint density at radius 2 is 1.79 bits per heavy atom. The van der Waals surface area contributed by atoms with Crippen LogP contribution in [0.1, 0.15) is 58.9 Å². The lowest BCUT2D eigenvalue weighted by Crippen LogP contribution is -2.41. The Hall–Kier alpha value is -3.12. The summed E-state index contributed by atoms with van der Waals surface area (Å²) in [4.78, 5) is 30.3. The summed E-state index contributed by atoms with van der Waals surface area (Å²) in [5.74, 6) is -0.101. The standard InChI is InChI=1S/C28H27FN2O2S/c1-18-6-2-4-8-23(18)30-27(32)20-12-15-26-24(16-20)31(17-19-10-13-21(29)14-11-19)28(33)22-7-3-5-9-25(22)34-26/h3,5,7,9-16,18,23H,2,4,6,8,17H2,1H3,(H,30,32). The Kier molecular flexibility index (Phi) is 6.42. The highest BCUT2D eigenvalue weighted by Gasteiger charge is 2.29. The van der Waals surface area contributed by atoms with E-state index in [-0.39, 0.29) is 30.2 Å². The maximum atomic E-state index is 13.6. The number of carbonyl (C=O) groups excluding carboxylic acids is 2. The smallest absolute Gasteiger partial charge is 0.259 e. The normalized spacial score (nSPS) is 19.7. The lowest BCUT2D eigenvalue weighted by molar-refractivity contribution is 0.0908. The molecule has 1 aliphatic heterocycles. The van der Waals surface area contributed by atoms with Crippen LogP contribution in [0.3, 0.4) is 0 Å². The summed E-state index contributed by atoms with van der Waals surface area (Å²) in [7, 11) is 0. The van der Waals surface area contributed by atoms with Crippen molar-refractivity contribution in [3.8, 4) is 0 Å². The third kappa shape index (κ3) is 4.60. The highest BCUT2D eigenvalue weighted by molar-refractivity contribution is 7.99. The Balaban J connectivity index is 1.51. The number of anilines is 1. The van der Waals surface area contributed by atoms with E-state index in [2.05, 4.69) is 12.2 Å². The largest absolute Gasteiger partial charge is 0.349 e. The zero-order chi connectivity index (χ0) is 23.7. The van der Waals surface area contributed by atoms with E-state index in [1.165, 1.54) is 30.3 Å². The van der Waals surface area contributed by atoms with E-state index in [9.17, 15) is 14.0 Å². The molecule has 1 fully saturated rings. The first-order valence-electron chi connectivity index (χ1n) is 11.8.